The summed E-state index contributed by atoms with van der Waals surface area (Å²) in [6.07, 6.45) is 0.0228. The van der Waals surface area contributed by atoms with E-state index in [0.717, 1.165) is 5.56 Å². The summed E-state index contributed by atoms with van der Waals surface area (Å²) in [6, 6.07) is 5.10. The van der Waals surface area contributed by atoms with E-state index in [1.54, 1.807) is 23.1 Å². The van der Waals surface area contributed by atoms with Crippen LogP contribution in [0.2, 0.25) is 0 Å². The zero-order valence-electron chi connectivity index (χ0n) is 11.0. The highest BCUT2D eigenvalue weighted by molar-refractivity contribution is 5.97. The predicted molar refractivity (Wildman–Crippen MR) is 68.8 cm³/mol. The highest BCUT2D eigenvalue weighted by Crippen LogP contribution is 2.23. The van der Waals surface area contributed by atoms with Crippen molar-refractivity contribution in [3.8, 4) is 5.75 Å². The van der Waals surface area contributed by atoms with E-state index in [0.29, 0.717) is 18.7 Å². The number of benzene rings is 1. The van der Waals surface area contributed by atoms with Crippen LogP contribution in [0.25, 0.3) is 0 Å². The Hall–Kier alpha value is -1.55. The van der Waals surface area contributed by atoms with Gasteiger partial charge >= 0.3 is 0 Å². The third kappa shape index (κ3) is 2.34. The maximum atomic E-state index is 12.4. The second kappa shape index (κ2) is 4.98. The quantitative estimate of drug-likeness (QED) is 0.827. The molecule has 1 aromatic rings. The summed E-state index contributed by atoms with van der Waals surface area (Å²) >= 11 is 0. The van der Waals surface area contributed by atoms with E-state index >= 15 is 0 Å². The van der Waals surface area contributed by atoms with Crippen molar-refractivity contribution in [2.45, 2.75) is 32.9 Å². The third-order valence-corrected chi connectivity index (χ3v) is 3.53. The second-order valence-electron chi connectivity index (χ2n) is 4.84. The van der Waals surface area contributed by atoms with E-state index in [1.165, 1.54) is 0 Å². The first-order valence-corrected chi connectivity index (χ1v) is 6.23. The molecule has 0 radical (unpaired) electrons. The molecule has 1 fully saturated rings. The van der Waals surface area contributed by atoms with E-state index in [2.05, 4.69) is 0 Å². The highest BCUT2D eigenvalue weighted by Gasteiger charge is 2.30. The molecule has 18 heavy (non-hydrogen) atoms. The normalized spacial score (nSPS) is 24.1. The molecule has 0 unspecified atom stereocenters. The van der Waals surface area contributed by atoms with Gasteiger partial charge in [-0.1, -0.05) is 11.6 Å². The number of ether oxygens (including phenoxy) is 1. The lowest BCUT2D eigenvalue weighted by atomic mass is 10.1. The van der Waals surface area contributed by atoms with Crippen LogP contribution in [0, 0.1) is 6.92 Å². The topological polar surface area (TPSA) is 49.8 Å². The Morgan fingerprint density at radius 3 is 2.89 bits per heavy atom. The summed E-state index contributed by atoms with van der Waals surface area (Å²) in [4.78, 5) is 14.2. The van der Waals surface area contributed by atoms with Gasteiger partial charge in [0, 0.05) is 6.54 Å². The molecule has 98 valence electrons. The Labute approximate surface area is 107 Å². The third-order valence-electron chi connectivity index (χ3n) is 3.53. The summed E-state index contributed by atoms with van der Waals surface area (Å²) in [7, 11) is 0. The molecule has 1 saturated heterocycles. The van der Waals surface area contributed by atoms with Gasteiger partial charge in [0.1, 0.15) is 5.75 Å². The molecule has 0 saturated carbocycles. The van der Waals surface area contributed by atoms with Crippen molar-refractivity contribution in [2.24, 2.45) is 0 Å². The molecule has 0 spiro atoms. The number of nitrogens with zero attached hydrogens (tertiary/aromatic N) is 1. The summed E-state index contributed by atoms with van der Waals surface area (Å²) in [5.41, 5.74) is 1.33. The zero-order chi connectivity index (χ0) is 13.3. The van der Waals surface area contributed by atoms with Crippen molar-refractivity contribution in [1.82, 2.24) is 4.90 Å². The van der Waals surface area contributed by atoms with E-state index in [1.807, 2.05) is 20.8 Å². The SMILES string of the molecule is Cc1ccc(O)c(C(=O)N2CCO[C@@H](C)[C@H]2C)c1. The summed E-state index contributed by atoms with van der Waals surface area (Å²) in [5, 5.41) is 9.81. The Morgan fingerprint density at radius 1 is 1.44 bits per heavy atom. The van der Waals surface area contributed by atoms with Crippen molar-refractivity contribution in [2.75, 3.05) is 13.2 Å². The molecular formula is C14H19NO3. The molecule has 1 aliphatic heterocycles. The van der Waals surface area contributed by atoms with Crippen LogP contribution in [0.1, 0.15) is 29.8 Å². The van der Waals surface area contributed by atoms with Crippen LogP contribution in [0.5, 0.6) is 5.75 Å². The van der Waals surface area contributed by atoms with Crippen LogP contribution in [0.4, 0.5) is 0 Å². The number of rotatable bonds is 1. The van der Waals surface area contributed by atoms with Gasteiger partial charge in [0.25, 0.3) is 5.91 Å². The first-order chi connectivity index (χ1) is 8.50. The molecule has 1 N–H and O–H groups in total. The lowest BCUT2D eigenvalue weighted by molar-refractivity contribution is -0.0441. The molecule has 2 atom stereocenters. The molecule has 0 aliphatic carbocycles. The molecule has 4 heteroatoms. The summed E-state index contributed by atoms with van der Waals surface area (Å²) < 4.78 is 5.50. The smallest absolute Gasteiger partial charge is 0.258 e. The van der Waals surface area contributed by atoms with E-state index in [-0.39, 0.29) is 23.8 Å². The highest BCUT2D eigenvalue weighted by atomic mass is 16.5. The average Bonchev–Trinajstić information content (AvgIpc) is 2.35. The van der Waals surface area contributed by atoms with E-state index in [9.17, 15) is 9.90 Å². The van der Waals surface area contributed by atoms with Crippen molar-refractivity contribution >= 4 is 5.91 Å². The van der Waals surface area contributed by atoms with Gasteiger partial charge in [-0.15, -0.1) is 0 Å². The lowest BCUT2D eigenvalue weighted by Crippen LogP contribution is -2.51. The molecular weight excluding hydrogens is 230 g/mol. The number of hydrogen-bond acceptors (Lipinski definition) is 3. The fourth-order valence-corrected chi connectivity index (χ4v) is 2.20. The molecule has 1 heterocycles. The second-order valence-corrected chi connectivity index (χ2v) is 4.84. The van der Waals surface area contributed by atoms with E-state index in [4.69, 9.17) is 4.74 Å². The minimum absolute atomic E-state index is 0.0196. The molecule has 2 rings (SSSR count). The van der Waals surface area contributed by atoms with Crippen LogP contribution in [-0.4, -0.2) is 41.2 Å². The van der Waals surface area contributed by atoms with Gasteiger partial charge in [-0.3, -0.25) is 4.79 Å². The number of aromatic hydroxyl groups is 1. The standard InChI is InChI=1S/C14H19NO3/c1-9-4-5-13(16)12(8-9)14(17)15-6-7-18-11(3)10(15)2/h4-5,8,10-11,16H,6-7H2,1-3H3/t10-,11+/m1/s1. The Kier molecular flexibility index (Phi) is 3.57. The monoisotopic (exact) mass is 249 g/mol. The van der Waals surface area contributed by atoms with Crippen molar-refractivity contribution in [3.63, 3.8) is 0 Å². The number of amides is 1. The maximum absolute atomic E-state index is 12.4. The Balaban J connectivity index is 2.27. The molecule has 1 amide bonds. The first-order valence-electron chi connectivity index (χ1n) is 6.23. The molecule has 0 aromatic heterocycles. The molecule has 0 bridgehead atoms. The summed E-state index contributed by atoms with van der Waals surface area (Å²) in [6.45, 7) is 6.94. The minimum atomic E-state index is -0.126. The van der Waals surface area contributed by atoms with Gasteiger partial charge in [-0.25, -0.2) is 0 Å². The number of carbonyl (C=O) groups excluding carboxylic acids is 1. The van der Waals surface area contributed by atoms with Gasteiger partial charge < -0.3 is 14.7 Å². The maximum Gasteiger partial charge on any atom is 0.258 e. The molecule has 1 aromatic carbocycles. The van der Waals surface area contributed by atoms with Crippen molar-refractivity contribution in [3.05, 3.63) is 29.3 Å². The van der Waals surface area contributed by atoms with Crippen LogP contribution in [-0.2, 0) is 4.74 Å². The number of phenols is 1. The number of morpholine rings is 1. The van der Waals surface area contributed by atoms with Crippen molar-refractivity contribution < 1.29 is 14.6 Å². The van der Waals surface area contributed by atoms with Gasteiger partial charge in [-0.2, -0.15) is 0 Å². The van der Waals surface area contributed by atoms with Crippen LogP contribution in [0.15, 0.2) is 18.2 Å². The fourth-order valence-electron chi connectivity index (χ4n) is 2.20. The average molecular weight is 249 g/mol. The fraction of sp³-hybridized carbons (Fsp3) is 0.500. The number of carbonyl (C=O) groups is 1. The van der Waals surface area contributed by atoms with Crippen molar-refractivity contribution in [1.29, 1.82) is 0 Å². The number of aryl methyl sites for hydroxylation is 1. The van der Waals surface area contributed by atoms with Gasteiger partial charge in [-0.05, 0) is 32.9 Å². The van der Waals surface area contributed by atoms with Gasteiger partial charge in [0.05, 0.1) is 24.3 Å². The Morgan fingerprint density at radius 2 is 2.17 bits per heavy atom. The zero-order valence-corrected chi connectivity index (χ0v) is 11.0. The van der Waals surface area contributed by atoms with Gasteiger partial charge in [0.15, 0.2) is 0 Å². The van der Waals surface area contributed by atoms with Crippen LogP contribution >= 0.6 is 0 Å². The van der Waals surface area contributed by atoms with Crippen LogP contribution < -0.4 is 0 Å². The van der Waals surface area contributed by atoms with E-state index < -0.39 is 0 Å². The molecule has 1 aliphatic rings. The predicted octanol–water partition coefficient (Wildman–Crippen LogP) is 1.95. The van der Waals surface area contributed by atoms with Crippen LogP contribution in [0.3, 0.4) is 0 Å². The number of phenolic OH excluding ortho intramolecular Hbond substituents is 1. The molecule has 4 nitrogen and oxygen atoms in total. The largest absolute Gasteiger partial charge is 0.507 e. The minimum Gasteiger partial charge on any atom is -0.507 e. The van der Waals surface area contributed by atoms with Gasteiger partial charge in [0.2, 0.25) is 0 Å². The Bertz CT molecular complexity index is 458. The summed E-state index contributed by atoms with van der Waals surface area (Å²) in [5.74, 6) is -0.0872. The number of hydrogen-bond donors (Lipinski definition) is 1. The first kappa shape index (κ1) is 12.9. The lowest BCUT2D eigenvalue weighted by Gasteiger charge is -2.38.